The molecule has 1 amide bonds. The van der Waals surface area contributed by atoms with Gasteiger partial charge in [0, 0.05) is 6.54 Å². The Hall–Kier alpha value is -2.61. The zero-order valence-electron chi connectivity index (χ0n) is 14.6. The molecule has 0 bridgehead atoms. The maximum absolute atomic E-state index is 12.8. The van der Waals surface area contributed by atoms with Gasteiger partial charge < -0.3 is 14.8 Å². The molecule has 1 N–H and O–H groups in total. The van der Waals surface area contributed by atoms with Gasteiger partial charge in [0.1, 0.15) is 18.2 Å². The van der Waals surface area contributed by atoms with Crippen LogP contribution in [0.2, 0.25) is 0 Å². The Morgan fingerprint density at radius 2 is 1.63 bits per heavy atom. The number of hydrogen-bond donors (Lipinski definition) is 1. The molecule has 2 aromatic carbocycles. The van der Waals surface area contributed by atoms with E-state index in [4.69, 9.17) is 4.74 Å². The number of hydrogen-bond acceptors (Lipinski definition) is 3. The SMILES string of the molecule is CC(Oc1ccc(F)cc1)C(=O)NCc1ccc(COCC(F)(F)F)cc1. The largest absolute Gasteiger partial charge is 0.481 e. The molecule has 0 radical (unpaired) electrons. The van der Waals surface area contributed by atoms with Crippen molar-refractivity contribution in [3.8, 4) is 5.75 Å². The minimum Gasteiger partial charge on any atom is -0.481 e. The lowest BCUT2D eigenvalue weighted by atomic mass is 10.1. The quantitative estimate of drug-likeness (QED) is 0.699. The fourth-order valence-electron chi connectivity index (χ4n) is 2.14. The molecule has 1 unspecified atom stereocenters. The van der Waals surface area contributed by atoms with Gasteiger partial charge in [0.25, 0.3) is 5.91 Å². The molecule has 0 spiro atoms. The standard InChI is InChI=1S/C19H19F4NO3/c1-13(27-17-8-6-16(20)7-9-17)18(25)24-10-14-2-4-15(5-3-14)11-26-12-19(21,22)23/h2-9,13H,10-12H2,1H3,(H,24,25). The van der Waals surface area contributed by atoms with Gasteiger partial charge in [-0.25, -0.2) is 4.39 Å². The Morgan fingerprint density at radius 3 is 2.22 bits per heavy atom. The average Bonchev–Trinajstić information content (AvgIpc) is 2.61. The van der Waals surface area contributed by atoms with Crippen molar-refractivity contribution in [3.63, 3.8) is 0 Å². The van der Waals surface area contributed by atoms with Gasteiger partial charge in [-0.3, -0.25) is 4.79 Å². The van der Waals surface area contributed by atoms with Crippen molar-refractivity contribution in [1.29, 1.82) is 0 Å². The van der Waals surface area contributed by atoms with Crippen LogP contribution in [0.25, 0.3) is 0 Å². The number of benzene rings is 2. The first-order valence-corrected chi connectivity index (χ1v) is 8.15. The first-order chi connectivity index (χ1) is 12.7. The fourth-order valence-corrected chi connectivity index (χ4v) is 2.14. The van der Waals surface area contributed by atoms with E-state index in [0.29, 0.717) is 11.3 Å². The van der Waals surface area contributed by atoms with E-state index in [9.17, 15) is 22.4 Å². The zero-order chi connectivity index (χ0) is 19.9. The maximum atomic E-state index is 12.8. The number of carbonyl (C=O) groups excluding carboxylic acids is 1. The van der Waals surface area contributed by atoms with Crippen LogP contribution in [-0.2, 0) is 22.7 Å². The van der Waals surface area contributed by atoms with Gasteiger partial charge in [0.2, 0.25) is 0 Å². The fraction of sp³-hybridized carbons (Fsp3) is 0.316. The molecule has 0 aliphatic rings. The average molecular weight is 385 g/mol. The number of halogens is 4. The molecular weight excluding hydrogens is 366 g/mol. The van der Waals surface area contributed by atoms with E-state index in [1.807, 2.05) is 0 Å². The molecule has 0 aliphatic carbocycles. The first-order valence-electron chi connectivity index (χ1n) is 8.15. The third-order valence-electron chi connectivity index (χ3n) is 3.52. The van der Waals surface area contributed by atoms with Crippen LogP contribution in [0.3, 0.4) is 0 Å². The van der Waals surface area contributed by atoms with Crippen LogP contribution in [0.4, 0.5) is 17.6 Å². The predicted molar refractivity (Wildman–Crippen MR) is 90.5 cm³/mol. The van der Waals surface area contributed by atoms with Crippen molar-refractivity contribution in [2.75, 3.05) is 6.61 Å². The van der Waals surface area contributed by atoms with Crippen LogP contribution in [0.5, 0.6) is 5.75 Å². The third kappa shape index (κ3) is 7.65. The van der Waals surface area contributed by atoms with Crippen LogP contribution >= 0.6 is 0 Å². The topological polar surface area (TPSA) is 47.6 Å². The molecule has 0 saturated heterocycles. The highest BCUT2D eigenvalue weighted by Gasteiger charge is 2.27. The van der Waals surface area contributed by atoms with E-state index in [1.165, 1.54) is 24.3 Å². The third-order valence-corrected chi connectivity index (χ3v) is 3.52. The highest BCUT2D eigenvalue weighted by molar-refractivity contribution is 5.80. The molecule has 2 rings (SSSR count). The second-order valence-corrected chi connectivity index (χ2v) is 5.86. The first kappa shape index (κ1) is 20.7. The van der Waals surface area contributed by atoms with Gasteiger partial charge in [-0.05, 0) is 42.3 Å². The van der Waals surface area contributed by atoms with Gasteiger partial charge in [0.05, 0.1) is 6.61 Å². The molecule has 2 aromatic rings. The lowest BCUT2D eigenvalue weighted by Gasteiger charge is -2.15. The Morgan fingerprint density at radius 1 is 1.04 bits per heavy atom. The van der Waals surface area contributed by atoms with Gasteiger partial charge in [-0.1, -0.05) is 24.3 Å². The highest BCUT2D eigenvalue weighted by atomic mass is 19.4. The van der Waals surface area contributed by atoms with Crippen molar-refractivity contribution in [3.05, 3.63) is 65.5 Å². The van der Waals surface area contributed by atoms with E-state index in [-0.39, 0.29) is 19.1 Å². The molecule has 27 heavy (non-hydrogen) atoms. The van der Waals surface area contributed by atoms with Crippen LogP contribution in [0.15, 0.2) is 48.5 Å². The summed E-state index contributed by atoms with van der Waals surface area (Å²) in [5, 5.41) is 2.69. The Kier molecular flexibility index (Phi) is 7.18. The minimum absolute atomic E-state index is 0.144. The van der Waals surface area contributed by atoms with Gasteiger partial charge in [0.15, 0.2) is 6.10 Å². The molecule has 0 aromatic heterocycles. The number of amides is 1. The van der Waals surface area contributed by atoms with Crippen LogP contribution in [0, 0.1) is 5.82 Å². The molecule has 146 valence electrons. The zero-order valence-corrected chi connectivity index (χ0v) is 14.6. The number of rotatable bonds is 8. The second kappa shape index (κ2) is 9.36. The van der Waals surface area contributed by atoms with E-state index in [0.717, 1.165) is 5.56 Å². The smallest absolute Gasteiger partial charge is 0.411 e. The molecule has 8 heteroatoms. The summed E-state index contributed by atoms with van der Waals surface area (Å²) in [6.07, 6.45) is -5.12. The summed E-state index contributed by atoms with van der Waals surface area (Å²) in [5.41, 5.74) is 1.37. The monoisotopic (exact) mass is 385 g/mol. The van der Waals surface area contributed by atoms with Gasteiger partial charge in [-0.2, -0.15) is 13.2 Å². The summed E-state index contributed by atoms with van der Waals surface area (Å²) in [4.78, 5) is 12.1. The van der Waals surface area contributed by atoms with Crippen molar-refractivity contribution < 1.29 is 31.8 Å². The summed E-state index contributed by atoms with van der Waals surface area (Å²) in [7, 11) is 0. The normalized spacial score (nSPS) is 12.5. The summed E-state index contributed by atoms with van der Waals surface area (Å²) >= 11 is 0. The lowest BCUT2D eigenvalue weighted by Crippen LogP contribution is -2.35. The van der Waals surface area contributed by atoms with E-state index in [2.05, 4.69) is 10.1 Å². The maximum Gasteiger partial charge on any atom is 0.411 e. The summed E-state index contributed by atoms with van der Waals surface area (Å²) in [5.74, 6) is -0.370. The van der Waals surface area contributed by atoms with E-state index in [1.54, 1.807) is 31.2 Å². The van der Waals surface area contributed by atoms with Crippen molar-refractivity contribution in [2.45, 2.75) is 32.4 Å². The molecular formula is C19H19F4NO3. The molecule has 0 fully saturated rings. The Labute approximate surface area is 154 Å². The minimum atomic E-state index is -4.35. The summed E-state index contributed by atoms with van der Waals surface area (Å²) in [6.45, 7) is 0.366. The highest BCUT2D eigenvalue weighted by Crippen LogP contribution is 2.16. The second-order valence-electron chi connectivity index (χ2n) is 5.86. The van der Waals surface area contributed by atoms with Crippen molar-refractivity contribution in [2.24, 2.45) is 0 Å². The summed E-state index contributed by atoms with van der Waals surface area (Å²) in [6, 6.07) is 12.0. The number of carbonyl (C=O) groups is 1. The number of alkyl halides is 3. The Bertz CT molecular complexity index is 730. The molecule has 1 atom stereocenters. The molecule has 0 heterocycles. The lowest BCUT2D eigenvalue weighted by molar-refractivity contribution is -0.176. The number of ether oxygens (including phenoxy) is 2. The number of nitrogens with one attached hydrogen (secondary N) is 1. The molecule has 4 nitrogen and oxygen atoms in total. The predicted octanol–water partition coefficient (Wildman–Crippen LogP) is 3.99. The van der Waals surface area contributed by atoms with Gasteiger partial charge >= 0.3 is 6.18 Å². The summed E-state index contributed by atoms with van der Waals surface area (Å²) < 4.78 is 58.9. The van der Waals surface area contributed by atoms with Crippen LogP contribution < -0.4 is 10.1 Å². The van der Waals surface area contributed by atoms with E-state index < -0.39 is 24.7 Å². The van der Waals surface area contributed by atoms with Crippen molar-refractivity contribution in [1.82, 2.24) is 5.32 Å². The van der Waals surface area contributed by atoms with Gasteiger partial charge in [-0.15, -0.1) is 0 Å². The molecule has 0 saturated carbocycles. The van der Waals surface area contributed by atoms with Crippen LogP contribution in [-0.4, -0.2) is 24.8 Å². The Balaban J connectivity index is 1.76. The van der Waals surface area contributed by atoms with E-state index >= 15 is 0 Å². The van der Waals surface area contributed by atoms with Crippen molar-refractivity contribution >= 4 is 5.91 Å². The molecule has 0 aliphatic heterocycles. The van der Waals surface area contributed by atoms with Crippen LogP contribution in [0.1, 0.15) is 18.1 Å².